The van der Waals surface area contributed by atoms with Gasteiger partial charge in [-0.05, 0) is 30.5 Å². The molecule has 2 rings (SSSR count). The predicted octanol–water partition coefficient (Wildman–Crippen LogP) is 5.36. The number of nitrogens with zero attached hydrogens (tertiary/aromatic N) is 2. The first-order valence-corrected chi connectivity index (χ1v) is 8.11. The fourth-order valence-corrected chi connectivity index (χ4v) is 2.78. The van der Waals surface area contributed by atoms with Crippen molar-refractivity contribution in [3.05, 3.63) is 35.0 Å². The van der Waals surface area contributed by atoms with E-state index in [1.54, 1.807) is 29.1 Å². The Labute approximate surface area is 144 Å². The quantitative estimate of drug-likeness (QED) is 0.693. The van der Waals surface area contributed by atoms with Gasteiger partial charge in [-0.2, -0.15) is 18.3 Å². The monoisotopic (exact) mass is 360 g/mol. The van der Waals surface area contributed by atoms with Gasteiger partial charge in [-0.1, -0.05) is 31.5 Å². The van der Waals surface area contributed by atoms with Gasteiger partial charge in [0.05, 0.1) is 29.9 Å². The van der Waals surface area contributed by atoms with Crippen molar-refractivity contribution < 1.29 is 17.9 Å². The van der Waals surface area contributed by atoms with Crippen molar-refractivity contribution in [1.82, 2.24) is 9.78 Å². The van der Waals surface area contributed by atoms with E-state index in [9.17, 15) is 13.2 Å². The van der Waals surface area contributed by atoms with Crippen LogP contribution in [0.4, 0.5) is 13.2 Å². The van der Waals surface area contributed by atoms with Gasteiger partial charge in [0.1, 0.15) is 5.75 Å². The molecule has 7 heteroatoms. The highest BCUT2D eigenvalue weighted by Crippen LogP contribution is 2.37. The van der Waals surface area contributed by atoms with Crippen LogP contribution >= 0.6 is 11.6 Å². The molecule has 0 saturated carbocycles. The van der Waals surface area contributed by atoms with Crippen molar-refractivity contribution in [1.29, 1.82) is 0 Å². The summed E-state index contributed by atoms with van der Waals surface area (Å²) in [5, 5.41) is 4.73. The summed E-state index contributed by atoms with van der Waals surface area (Å²) >= 11 is 6.24. The van der Waals surface area contributed by atoms with Crippen molar-refractivity contribution >= 4 is 11.6 Å². The minimum absolute atomic E-state index is 0.0951. The summed E-state index contributed by atoms with van der Waals surface area (Å²) in [7, 11) is 1.49. The summed E-state index contributed by atoms with van der Waals surface area (Å²) in [6.45, 7) is 3.89. The lowest BCUT2D eigenvalue weighted by atomic mass is 9.98. The second-order valence-corrected chi connectivity index (χ2v) is 6.15. The van der Waals surface area contributed by atoms with Gasteiger partial charge in [0.25, 0.3) is 0 Å². The molecule has 24 heavy (non-hydrogen) atoms. The van der Waals surface area contributed by atoms with E-state index >= 15 is 0 Å². The van der Waals surface area contributed by atoms with Gasteiger partial charge in [-0.3, -0.25) is 4.68 Å². The number of aryl methyl sites for hydroxylation is 1. The summed E-state index contributed by atoms with van der Waals surface area (Å²) < 4.78 is 45.4. The standard InChI is InChI=1S/C17H20ClF3N2O/c1-4-7-23-16(14(18)10-22-23)13-6-5-12(9-15(13)24-3)8-11(2)17(19,20)21/h5-6,9-11H,4,7-8H2,1-3H3/t11-/m1/s1. The van der Waals surface area contributed by atoms with Gasteiger partial charge in [0.15, 0.2) is 0 Å². The van der Waals surface area contributed by atoms with Crippen molar-refractivity contribution in [2.75, 3.05) is 7.11 Å². The Bertz CT molecular complexity index is 698. The maximum absolute atomic E-state index is 12.8. The molecule has 132 valence electrons. The molecule has 1 atom stereocenters. The fraction of sp³-hybridized carbons (Fsp3) is 0.471. The molecule has 0 aliphatic heterocycles. The number of ether oxygens (including phenoxy) is 1. The maximum atomic E-state index is 12.8. The number of rotatable bonds is 6. The second kappa shape index (κ2) is 7.47. The largest absolute Gasteiger partial charge is 0.496 e. The molecule has 0 bridgehead atoms. The highest BCUT2D eigenvalue weighted by atomic mass is 35.5. The van der Waals surface area contributed by atoms with Gasteiger partial charge in [-0.25, -0.2) is 0 Å². The zero-order valence-corrected chi connectivity index (χ0v) is 14.6. The van der Waals surface area contributed by atoms with Gasteiger partial charge in [0.2, 0.25) is 0 Å². The lowest BCUT2D eigenvalue weighted by Crippen LogP contribution is -2.21. The fourth-order valence-electron chi connectivity index (χ4n) is 2.54. The molecule has 0 aliphatic rings. The van der Waals surface area contributed by atoms with Crippen LogP contribution in [0.15, 0.2) is 24.4 Å². The molecule has 1 heterocycles. The Morgan fingerprint density at radius 3 is 2.62 bits per heavy atom. The van der Waals surface area contributed by atoms with Crippen LogP contribution in [0.3, 0.4) is 0 Å². The topological polar surface area (TPSA) is 27.1 Å². The number of halogens is 4. The van der Waals surface area contributed by atoms with Gasteiger partial charge >= 0.3 is 6.18 Å². The van der Waals surface area contributed by atoms with Gasteiger partial charge < -0.3 is 4.74 Å². The van der Waals surface area contributed by atoms with E-state index in [1.165, 1.54) is 14.0 Å². The summed E-state index contributed by atoms with van der Waals surface area (Å²) in [4.78, 5) is 0. The molecule has 0 amide bonds. The average molecular weight is 361 g/mol. The van der Waals surface area contributed by atoms with Crippen LogP contribution in [0, 0.1) is 5.92 Å². The summed E-state index contributed by atoms with van der Waals surface area (Å²) in [6.07, 6.45) is -1.86. The van der Waals surface area contributed by atoms with Crippen molar-refractivity contribution in [3.8, 4) is 17.0 Å². The molecule has 0 saturated heterocycles. The average Bonchev–Trinajstić information content (AvgIpc) is 2.87. The van der Waals surface area contributed by atoms with Crippen LogP contribution in [-0.2, 0) is 13.0 Å². The lowest BCUT2D eigenvalue weighted by Gasteiger charge is -2.17. The van der Waals surface area contributed by atoms with E-state index in [-0.39, 0.29) is 6.42 Å². The minimum atomic E-state index is -4.21. The molecule has 1 aromatic carbocycles. The molecule has 0 spiro atoms. The zero-order valence-electron chi connectivity index (χ0n) is 13.8. The van der Waals surface area contributed by atoms with E-state index in [0.29, 0.717) is 28.6 Å². The molecule has 0 unspecified atom stereocenters. The zero-order chi connectivity index (χ0) is 17.9. The Morgan fingerprint density at radius 1 is 1.33 bits per heavy atom. The molecule has 1 aromatic heterocycles. The van der Waals surface area contributed by atoms with Crippen LogP contribution < -0.4 is 4.74 Å². The highest BCUT2D eigenvalue weighted by Gasteiger charge is 2.35. The van der Waals surface area contributed by atoms with Gasteiger partial charge in [-0.15, -0.1) is 0 Å². The third kappa shape index (κ3) is 4.04. The number of aromatic nitrogens is 2. The van der Waals surface area contributed by atoms with Crippen molar-refractivity contribution in [3.63, 3.8) is 0 Å². The van der Waals surface area contributed by atoms with E-state index in [1.807, 2.05) is 6.92 Å². The number of hydrogen-bond donors (Lipinski definition) is 0. The van der Waals surface area contributed by atoms with E-state index in [2.05, 4.69) is 5.10 Å². The van der Waals surface area contributed by atoms with Crippen LogP contribution in [-0.4, -0.2) is 23.1 Å². The normalized spacial score (nSPS) is 13.1. The SMILES string of the molecule is CCCn1ncc(Cl)c1-c1ccc(C[C@@H](C)C(F)(F)F)cc1OC. The first-order valence-electron chi connectivity index (χ1n) is 7.73. The first kappa shape index (κ1) is 18.6. The number of alkyl halides is 3. The second-order valence-electron chi connectivity index (χ2n) is 5.75. The molecule has 0 N–H and O–H groups in total. The van der Waals surface area contributed by atoms with Crippen molar-refractivity contribution in [2.45, 2.75) is 39.4 Å². The molecule has 0 fully saturated rings. The van der Waals surface area contributed by atoms with Crippen LogP contribution in [0.1, 0.15) is 25.8 Å². The number of benzene rings is 1. The molecule has 2 aromatic rings. The van der Waals surface area contributed by atoms with Crippen LogP contribution in [0.2, 0.25) is 5.02 Å². The third-order valence-electron chi connectivity index (χ3n) is 3.85. The predicted molar refractivity (Wildman–Crippen MR) is 88.4 cm³/mol. The Balaban J connectivity index is 2.39. The van der Waals surface area contributed by atoms with E-state index in [4.69, 9.17) is 16.3 Å². The maximum Gasteiger partial charge on any atom is 0.391 e. The van der Waals surface area contributed by atoms with Crippen molar-refractivity contribution in [2.24, 2.45) is 5.92 Å². The molecule has 3 nitrogen and oxygen atoms in total. The summed E-state index contributed by atoms with van der Waals surface area (Å²) in [6, 6.07) is 5.06. The summed E-state index contributed by atoms with van der Waals surface area (Å²) in [5.74, 6) is -0.927. The Kier molecular flexibility index (Phi) is 5.80. The first-order chi connectivity index (χ1) is 11.3. The highest BCUT2D eigenvalue weighted by molar-refractivity contribution is 6.33. The van der Waals surface area contributed by atoms with Gasteiger partial charge in [0, 0.05) is 12.1 Å². The third-order valence-corrected chi connectivity index (χ3v) is 4.13. The number of methoxy groups -OCH3 is 1. The van der Waals surface area contributed by atoms with E-state index < -0.39 is 12.1 Å². The lowest BCUT2D eigenvalue weighted by molar-refractivity contribution is -0.169. The molecular formula is C17H20ClF3N2O. The summed E-state index contributed by atoms with van der Waals surface area (Å²) in [5.41, 5.74) is 2.00. The smallest absolute Gasteiger partial charge is 0.391 e. The van der Waals surface area contributed by atoms with E-state index in [0.717, 1.165) is 12.0 Å². The Hall–Kier alpha value is -1.69. The molecule has 0 radical (unpaired) electrons. The van der Waals surface area contributed by atoms with Crippen LogP contribution in [0.5, 0.6) is 5.75 Å². The number of hydrogen-bond acceptors (Lipinski definition) is 2. The molecular weight excluding hydrogens is 341 g/mol. The molecule has 0 aliphatic carbocycles. The van der Waals surface area contributed by atoms with Crippen LogP contribution in [0.25, 0.3) is 11.3 Å². The Morgan fingerprint density at radius 2 is 2.04 bits per heavy atom. The minimum Gasteiger partial charge on any atom is -0.496 e.